The summed E-state index contributed by atoms with van der Waals surface area (Å²) in [6, 6.07) is 19.4. The third-order valence-electron chi connectivity index (χ3n) is 8.20. The van der Waals surface area contributed by atoms with Gasteiger partial charge in [0.05, 0.1) is 35.2 Å². The molecule has 0 aliphatic heterocycles. The Kier molecular flexibility index (Phi) is 7.97. The molecule has 6 aromatic rings. The molecular formula is C34H30F2N4O5S. The molecule has 0 amide bonds. The van der Waals surface area contributed by atoms with Gasteiger partial charge in [-0.3, -0.25) is 19.0 Å². The van der Waals surface area contributed by atoms with Crippen LogP contribution in [0, 0.1) is 11.6 Å². The largest absolute Gasteiger partial charge is 0.456 e. The second-order valence-electron chi connectivity index (χ2n) is 11.1. The van der Waals surface area contributed by atoms with E-state index < -0.39 is 28.1 Å². The van der Waals surface area contributed by atoms with Crippen LogP contribution in [0.3, 0.4) is 0 Å². The van der Waals surface area contributed by atoms with Crippen molar-refractivity contribution in [2.24, 2.45) is 0 Å². The van der Waals surface area contributed by atoms with Crippen molar-refractivity contribution in [1.82, 2.24) is 14.9 Å². The molecule has 4 aromatic carbocycles. The van der Waals surface area contributed by atoms with Crippen LogP contribution in [-0.4, -0.2) is 43.4 Å². The lowest BCUT2D eigenvalue weighted by atomic mass is 9.97. The minimum atomic E-state index is -3.76. The molecule has 2 atom stereocenters. The van der Waals surface area contributed by atoms with Crippen molar-refractivity contribution in [3.8, 4) is 22.5 Å². The third-order valence-corrected chi connectivity index (χ3v) is 9.39. The first kappa shape index (κ1) is 31.1. The lowest BCUT2D eigenvalue weighted by molar-refractivity contribution is 0.150. The molecule has 2 heterocycles. The van der Waals surface area contributed by atoms with Crippen LogP contribution in [0.25, 0.3) is 44.3 Å². The number of nitrogens with one attached hydrogen (secondary N) is 1. The maximum Gasteiger partial charge on any atom is 0.261 e. The summed E-state index contributed by atoms with van der Waals surface area (Å²) in [5.41, 5.74) is 3.21. The zero-order valence-corrected chi connectivity index (χ0v) is 26.1. The molecule has 236 valence electrons. The average Bonchev–Trinajstić information content (AvgIpc) is 3.42. The van der Waals surface area contributed by atoms with Gasteiger partial charge >= 0.3 is 0 Å². The second kappa shape index (κ2) is 11.8. The minimum absolute atomic E-state index is 0.267. The van der Waals surface area contributed by atoms with E-state index in [1.165, 1.54) is 54.3 Å². The molecule has 0 saturated heterocycles. The fourth-order valence-electron chi connectivity index (χ4n) is 5.53. The van der Waals surface area contributed by atoms with Gasteiger partial charge in [0, 0.05) is 35.2 Å². The molecular weight excluding hydrogens is 614 g/mol. The smallest absolute Gasteiger partial charge is 0.261 e. The maximum absolute atomic E-state index is 13.8. The van der Waals surface area contributed by atoms with Crippen molar-refractivity contribution in [3.05, 3.63) is 118 Å². The lowest BCUT2D eigenvalue weighted by Gasteiger charge is -2.21. The number of aliphatic hydroxyl groups excluding tert-OH is 1. The van der Waals surface area contributed by atoms with E-state index in [-0.39, 0.29) is 33.8 Å². The molecule has 46 heavy (non-hydrogen) atoms. The van der Waals surface area contributed by atoms with E-state index in [1.807, 2.05) is 6.92 Å². The minimum Gasteiger partial charge on any atom is -0.456 e. The number of hydrogen-bond donors (Lipinski definition) is 2. The molecule has 2 N–H and O–H groups in total. The number of halogens is 2. The maximum atomic E-state index is 13.8. The van der Waals surface area contributed by atoms with E-state index in [0.717, 1.165) is 16.1 Å². The van der Waals surface area contributed by atoms with Gasteiger partial charge < -0.3 is 9.52 Å². The first-order valence-electron chi connectivity index (χ1n) is 14.3. The first-order chi connectivity index (χ1) is 21.9. The van der Waals surface area contributed by atoms with Crippen molar-refractivity contribution in [2.45, 2.75) is 19.2 Å². The fourth-order valence-corrected chi connectivity index (χ4v) is 6.04. The zero-order chi connectivity index (χ0) is 32.9. The van der Waals surface area contributed by atoms with E-state index >= 15 is 0 Å². The van der Waals surface area contributed by atoms with Crippen LogP contribution in [0.2, 0.25) is 0 Å². The van der Waals surface area contributed by atoms with Crippen LogP contribution in [0.15, 0.2) is 94.4 Å². The topological polar surface area (TPSA) is 118 Å². The summed E-state index contributed by atoms with van der Waals surface area (Å²) in [6.07, 6.45) is 1.33. The van der Waals surface area contributed by atoms with Gasteiger partial charge in [-0.25, -0.2) is 22.2 Å². The highest BCUT2D eigenvalue weighted by Gasteiger charge is 2.26. The SMILES string of the molecule is CNC(O)c1c(-c2ccc(F)cc2)oc2cc(N(C)S(C)(=O)=O)c(-c3ccc4ncn(C(C)c5ccc(F)cc5)c(=O)c4c3)cc12. The quantitative estimate of drug-likeness (QED) is 0.196. The van der Waals surface area contributed by atoms with Crippen LogP contribution >= 0.6 is 0 Å². The Bertz CT molecular complexity index is 2270. The fraction of sp³-hybridized carbons (Fsp3) is 0.176. The van der Waals surface area contributed by atoms with Gasteiger partial charge in [-0.05, 0) is 79.7 Å². The molecule has 2 unspecified atom stereocenters. The number of fused-ring (bicyclic) bond motifs is 2. The van der Waals surface area contributed by atoms with Crippen molar-refractivity contribution in [1.29, 1.82) is 0 Å². The molecule has 6 rings (SSSR count). The Labute approximate surface area is 263 Å². The Morgan fingerprint density at radius 2 is 1.57 bits per heavy atom. The van der Waals surface area contributed by atoms with Crippen LogP contribution in [0.1, 0.15) is 30.3 Å². The van der Waals surface area contributed by atoms with E-state index in [9.17, 15) is 27.1 Å². The van der Waals surface area contributed by atoms with Gasteiger partial charge in [0.15, 0.2) is 0 Å². The molecule has 0 fully saturated rings. The molecule has 9 nitrogen and oxygen atoms in total. The molecule has 2 aromatic heterocycles. The standard InChI is InChI=1S/C34H30F2N4O5S/c1-19(20-5-10-23(35)11-6-20)40-18-38-28-14-9-22(15-26(28)34(40)42)25-16-27-30(17-29(25)39(3)46(4,43)44)45-32(31(27)33(41)37-2)21-7-12-24(36)13-8-21/h5-19,33,37,41H,1-4H3. The van der Waals surface area contributed by atoms with E-state index in [0.29, 0.717) is 33.2 Å². The number of anilines is 1. The molecule has 0 radical (unpaired) electrons. The summed E-state index contributed by atoms with van der Waals surface area (Å²) in [5, 5.41) is 14.6. The first-order valence-corrected chi connectivity index (χ1v) is 16.1. The van der Waals surface area contributed by atoms with E-state index in [1.54, 1.807) is 49.5 Å². The van der Waals surface area contributed by atoms with Crippen molar-refractivity contribution >= 4 is 37.6 Å². The summed E-state index contributed by atoms with van der Waals surface area (Å²) in [6.45, 7) is 1.81. The third kappa shape index (κ3) is 5.55. The van der Waals surface area contributed by atoms with Gasteiger partial charge in [-0.2, -0.15) is 0 Å². The van der Waals surface area contributed by atoms with Crippen LogP contribution in [-0.2, 0) is 10.0 Å². The number of aromatic nitrogens is 2. The van der Waals surface area contributed by atoms with E-state index in [4.69, 9.17) is 4.42 Å². The molecule has 12 heteroatoms. The summed E-state index contributed by atoms with van der Waals surface area (Å²) in [4.78, 5) is 18.3. The van der Waals surface area contributed by atoms with E-state index in [2.05, 4.69) is 10.3 Å². The summed E-state index contributed by atoms with van der Waals surface area (Å²) in [7, 11) is -0.777. The molecule has 0 aliphatic carbocycles. The predicted octanol–water partition coefficient (Wildman–Crippen LogP) is 5.97. The van der Waals surface area contributed by atoms with Gasteiger partial charge in [-0.1, -0.05) is 18.2 Å². The Balaban J connectivity index is 1.59. The summed E-state index contributed by atoms with van der Waals surface area (Å²) < 4.78 is 61.6. The van der Waals surface area contributed by atoms with Gasteiger partial charge in [0.25, 0.3) is 5.56 Å². The Hall–Kier alpha value is -4.91. The van der Waals surface area contributed by atoms with Gasteiger partial charge in [0.2, 0.25) is 10.0 Å². The number of hydrogen-bond acceptors (Lipinski definition) is 7. The van der Waals surface area contributed by atoms with Crippen LogP contribution in [0.4, 0.5) is 14.5 Å². The van der Waals surface area contributed by atoms with Crippen molar-refractivity contribution in [2.75, 3.05) is 24.7 Å². The van der Waals surface area contributed by atoms with Crippen molar-refractivity contribution in [3.63, 3.8) is 0 Å². The lowest BCUT2D eigenvalue weighted by Crippen LogP contribution is -2.25. The molecule has 0 saturated carbocycles. The number of furan rings is 1. The van der Waals surface area contributed by atoms with Gasteiger partial charge in [-0.15, -0.1) is 0 Å². The highest BCUT2D eigenvalue weighted by atomic mass is 32.2. The van der Waals surface area contributed by atoms with Crippen LogP contribution in [0.5, 0.6) is 0 Å². The van der Waals surface area contributed by atoms with Crippen molar-refractivity contribution < 1.29 is 26.7 Å². The van der Waals surface area contributed by atoms with Crippen LogP contribution < -0.4 is 15.2 Å². The molecule has 0 aliphatic rings. The monoisotopic (exact) mass is 644 g/mol. The number of aliphatic hydroxyl groups is 1. The Morgan fingerprint density at radius 3 is 2.20 bits per heavy atom. The predicted molar refractivity (Wildman–Crippen MR) is 174 cm³/mol. The van der Waals surface area contributed by atoms with Gasteiger partial charge in [0.1, 0.15) is 29.2 Å². The highest BCUT2D eigenvalue weighted by molar-refractivity contribution is 7.92. The zero-order valence-electron chi connectivity index (χ0n) is 25.3. The Morgan fingerprint density at radius 1 is 0.935 bits per heavy atom. The number of benzene rings is 4. The number of nitrogens with zero attached hydrogens (tertiary/aromatic N) is 3. The second-order valence-corrected chi connectivity index (χ2v) is 13.1. The average molecular weight is 645 g/mol. The highest BCUT2D eigenvalue weighted by Crippen LogP contribution is 2.43. The number of rotatable bonds is 8. The number of sulfonamides is 1. The summed E-state index contributed by atoms with van der Waals surface area (Å²) in [5.74, 6) is -0.543. The summed E-state index contributed by atoms with van der Waals surface area (Å²) >= 11 is 0. The normalized spacial score (nSPS) is 13.3. The molecule has 0 bridgehead atoms. The molecule has 0 spiro atoms.